The maximum absolute atomic E-state index is 3.74. The van der Waals surface area contributed by atoms with Crippen LogP contribution in [0.25, 0.3) is 291 Å². The second-order valence-electron chi connectivity index (χ2n) is 28.9. The van der Waals surface area contributed by atoms with Crippen LogP contribution in [0.1, 0.15) is 39.4 Å². The van der Waals surface area contributed by atoms with Gasteiger partial charge in [-0.1, -0.05) is 37.7 Å². The molecule has 2 spiro atoms. The molecular weight excluding hydrogens is 931 g/mol. The summed E-state index contributed by atoms with van der Waals surface area (Å²) in [7, 11) is 1.01. The quantitative estimate of drug-likeness (QED) is 0.0900. The normalized spacial score (nSPS) is 23.0. The molecule has 29 aromatic carbocycles. The highest BCUT2D eigenvalue weighted by Crippen LogP contribution is 2.87. The minimum atomic E-state index is -1.57. The van der Waals surface area contributed by atoms with E-state index in [1.807, 2.05) is 0 Å². The first-order valence-corrected chi connectivity index (χ1v) is 32.0. The number of likely N-dealkylation sites (N-methyl/N-ethyl adjacent to an activating group) is 1. The summed E-state index contributed by atoms with van der Waals surface area (Å²) >= 11 is 0. The van der Waals surface area contributed by atoms with Gasteiger partial charge in [-0.15, -0.1) is 5.54 Å². The molecule has 0 bridgehead atoms. The first-order valence-electron chi connectivity index (χ1n) is 28.5. The smallest absolute Gasteiger partial charge is 0.129 e. The zero-order valence-electron chi connectivity index (χ0n) is 40.5. The number of rotatable bonds is 1. The number of nitrogens with zero attached hydrogens (tertiary/aromatic N) is 1. The van der Waals surface area contributed by atoms with Crippen LogP contribution in [0.15, 0.2) is 24.3 Å². The number of hydrogen-bond acceptors (Lipinski definition) is 1. The molecule has 0 amide bonds. The van der Waals surface area contributed by atoms with Crippen molar-refractivity contribution in [1.29, 1.82) is 0 Å². The Balaban J connectivity index is 1.06. The summed E-state index contributed by atoms with van der Waals surface area (Å²) < 4.78 is 0. The van der Waals surface area contributed by atoms with Crippen LogP contribution in [-0.4, -0.2) is 26.6 Å². The topological polar surface area (TPSA) is 3.24 Å². The van der Waals surface area contributed by atoms with Gasteiger partial charge in [-0.3, -0.25) is 4.90 Å². The van der Waals surface area contributed by atoms with Gasteiger partial charge in [-0.05, 0) is 338 Å². The fraction of sp³-hybridized carbons (Fsp3) is 0.108. The van der Waals surface area contributed by atoms with Crippen molar-refractivity contribution in [3.8, 4) is 11.5 Å². The third kappa shape index (κ3) is 1.70. The van der Waals surface area contributed by atoms with Gasteiger partial charge in [0.2, 0.25) is 0 Å². The van der Waals surface area contributed by atoms with Gasteiger partial charge >= 0.3 is 0 Å². The standard InChI is InChI=1S/C74H19NSi/c1-75-11-73-68-60-52-42-32-24-16-14-15-18-22-20(16)28-36-30(22)40-34-26(18)27-19(15)23-21-17(14)25(24)33-39-29(21)37-31(23)41-35(27)45-44(34)56-50(40)58-48(36)54(46(52)38(28)32)62(68)64(58)70-66(56)67-57(45)51(41)59-49(37)55-47(39)53(43(33)42)61(60)69(73)63(55)65(59)71(67)74(70,73)72(75)13-7-5-12(6-8-13)9-10-76(2,3)4/h5-8,72H,11H2,1-4H3. The molecule has 1 atom stereocenters. The second kappa shape index (κ2) is 6.94. The van der Waals surface area contributed by atoms with Crippen molar-refractivity contribution in [1.82, 2.24) is 4.90 Å². The Morgan fingerprint density at radius 1 is 0.316 bits per heavy atom. The molecule has 76 heavy (non-hydrogen) atoms. The molecule has 0 N–H and O–H groups in total. The molecule has 4 aliphatic carbocycles. The summed E-state index contributed by atoms with van der Waals surface area (Å²) in [4.78, 5) is 2.95. The SMILES string of the molecule is CN1CC23c4c5c6c7c8c9c(c%10c%11c2c2c4c4c%12c5c5c6c6c8c8c%13c9c9c%10c%10c%11c%11c2c2c4c4c%12c%12c5c5c6c8c6c8c%13c9c9c%10c%10c%11c2c2c4c4c%12c5c6c5c8c9c%10c2c45)C73C1c1ccc(C#C[Si](C)(C)C)cc1. The summed E-state index contributed by atoms with van der Waals surface area (Å²) in [6.45, 7) is 8.16. The first-order chi connectivity index (χ1) is 37.4. The Kier molecular flexibility index (Phi) is 2.75. The average molecular weight is 950 g/mol. The third-order valence-corrected chi connectivity index (χ3v) is 27.6. The molecule has 1 nitrogen and oxygen atoms in total. The van der Waals surface area contributed by atoms with Crippen LogP contribution >= 0.6 is 0 Å². The van der Waals surface area contributed by atoms with Gasteiger partial charge in [-0.25, -0.2) is 0 Å². The molecule has 34 rings (SSSR count). The molecule has 324 valence electrons. The Morgan fingerprint density at radius 2 is 0.526 bits per heavy atom. The van der Waals surface area contributed by atoms with E-state index in [9.17, 15) is 0 Å². The molecule has 0 aromatic heterocycles. The van der Waals surface area contributed by atoms with Crippen molar-refractivity contribution < 1.29 is 0 Å². The highest BCUT2D eigenvalue weighted by Gasteiger charge is 2.75. The number of hydrogen-bond donors (Lipinski definition) is 0. The van der Waals surface area contributed by atoms with Crippen molar-refractivity contribution in [3.63, 3.8) is 0 Å². The molecule has 29 aromatic rings. The van der Waals surface area contributed by atoms with Crippen molar-refractivity contribution in [2.45, 2.75) is 36.5 Å². The van der Waals surface area contributed by atoms with Gasteiger partial charge < -0.3 is 0 Å². The molecule has 1 aliphatic heterocycles. The molecular formula is C74H19NSi. The molecule has 5 aliphatic rings. The van der Waals surface area contributed by atoms with Crippen LogP contribution in [0.2, 0.25) is 19.6 Å². The molecule has 2 heteroatoms. The van der Waals surface area contributed by atoms with Gasteiger partial charge in [0.25, 0.3) is 0 Å². The van der Waals surface area contributed by atoms with E-state index in [0.717, 1.165) is 6.54 Å². The predicted molar refractivity (Wildman–Crippen MR) is 326 cm³/mol. The summed E-state index contributed by atoms with van der Waals surface area (Å²) in [5, 5.41) is 90.2. The predicted octanol–water partition coefficient (Wildman–Crippen LogP) is 19.2. The zero-order chi connectivity index (χ0) is 46.2. The minimum Gasteiger partial charge on any atom is -0.297 e. The van der Waals surface area contributed by atoms with E-state index in [0.29, 0.717) is 0 Å². The lowest BCUT2D eigenvalue weighted by Crippen LogP contribution is -2.51. The van der Waals surface area contributed by atoms with Gasteiger partial charge in [0, 0.05) is 18.2 Å². The molecule has 0 radical (unpaired) electrons. The van der Waals surface area contributed by atoms with Gasteiger partial charge in [0.05, 0.1) is 10.8 Å². The van der Waals surface area contributed by atoms with E-state index in [4.69, 9.17) is 0 Å². The van der Waals surface area contributed by atoms with Gasteiger partial charge in [-0.2, -0.15) is 0 Å². The Hall–Kier alpha value is -8.58. The van der Waals surface area contributed by atoms with Crippen molar-refractivity contribution >= 4 is 299 Å². The van der Waals surface area contributed by atoms with E-state index >= 15 is 0 Å². The van der Waals surface area contributed by atoms with Crippen LogP contribution in [0.5, 0.6) is 0 Å². The molecule has 1 unspecified atom stereocenters. The van der Waals surface area contributed by atoms with E-state index in [-0.39, 0.29) is 16.9 Å². The van der Waals surface area contributed by atoms with Crippen LogP contribution in [-0.2, 0) is 10.8 Å². The molecule has 1 saturated heterocycles. The Labute approximate surface area is 420 Å². The molecule has 1 fully saturated rings. The van der Waals surface area contributed by atoms with E-state index in [1.54, 1.807) is 313 Å². The largest absolute Gasteiger partial charge is 0.297 e. The average Bonchev–Trinajstić information content (AvgIpc) is 1.53. The van der Waals surface area contributed by atoms with Crippen molar-refractivity contribution in [3.05, 3.63) is 57.6 Å². The maximum Gasteiger partial charge on any atom is 0.129 e. The number of likely N-dealkylation sites (tertiary alicyclic amines) is 1. The Morgan fingerprint density at radius 3 is 0.750 bits per heavy atom. The fourth-order valence-electron chi connectivity index (χ4n) is 26.6. The summed E-state index contributed by atoms with van der Waals surface area (Å²) in [6.07, 6.45) is 0. The van der Waals surface area contributed by atoms with Crippen LogP contribution in [0.4, 0.5) is 0 Å². The van der Waals surface area contributed by atoms with Crippen molar-refractivity contribution in [2.75, 3.05) is 13.6 Å². The van der Waals surface area contributed by atoms with Crippen molar-refractivity contribution in [2.24, 2.45) is 0 Å². The number of benzene rings is 19. The Bertz CT molecular complexity index is 7520. The summed E-state index contributed by atoms with van der Waals surface area (Å²) in [6, 6.07) is 10.1. The maximum atomic E-state index is 3.74. The first kappa shape index (κ1) is 30.1. The van der Waals surface area contributed by atoms with E-state index in [1.165, 1.54) is 11.1 Å². The molecule has 0 saturated carbocycles. The van der Waals surface area contributed by atoms with Crippen LogP contribution in [0.3, 0.4) is 0 Å². The lowest BCUT2D eigenvalue weighted by molar-refractivity contribution is 0.271. The minimum absolute atomic E-state index is 0.141. The zero-order valence-corrected chi connectivity index (χ0v) is 41.5. The van der Waals surface area contributed by atoms with E-state index < -0.39 is 8.07 Å². The van der Waals surface area contributed by atoms with Crippen LogP contribution in [0, 0.1) is 11.5 Å². The fourth-order valence-corrected chi connectivity index (χ4v) is 27.1. The third-order valence-electron chi connectivity index (χ3n) is 26.7. The van der Waals surface area contributed by atoms with Gasteiger partial charge in [0.15, 0.2) is 0 Å². The summed E-state index contributed by atoms with van der Waals surface area (Å²) in [5.41, 5.74) is 12.9. The lowest BCUT2D eigenvalue weighted by Gasteiger charge is -2.52. The molecule has 1 heterocycles. The second-order valence-corrected chi connectivity index (χ2v) is 33.7. The highest BCUT2D eigenvalue weighted by molar-refractivity contribution is 6.84. The monoisotopic (exact) mass is 949 g/mol. The summed E-state index contributed by atoms with van der Waals surface area (Å²) in [5.74, 6) is 3.70. The van der Waals surface area contributed by atoms with Crippen LogP contribution < -0.4 is 0 Å². The van der Waals surface area contributed by atoms with E-state index in [2.05, 4.69) is 67.3 Å². The van der Waals surface area contributed by atoms with Gasteiger partial charge in [0.1, 0.15) is 8.07 Å². The highest BCUT2D eigenvalue weighted by atomic mass is 28.3. The lowest BCUT2D eigenvalue weighted by atomic mass is 9.47.